The first-order valence-electron chi connectivity index (χ1n) is 5.67. The lowest BCUT2D eigenvalue weighted by Crippen LogP contribution is -2.17. The van der Waals surface area contributed by atoms with Crippen LogP contribution in [0.5, 0.6) is 0 Å². The predicted octanol–water partition coefficient (Wildman–Crippen LogP) is 4.28. The second kappa shape index (κ2) is 6.36. The van der Waals surface area contributed by atoms with Crippen LogP contribution >= 0.6 is 15.9 Å². The molecule has 1 nitrogen and oxygen atoms in total. The third-order valence-corrected chi connectivity index (χ3v) is 3.57. The molecule has 0 aromatic heterocycles. The Bertz CT molecular complexity index is 339. The summed E-state index contributed by atoms with van der Waals surface area (Å²) in [6.45, 7) is 4.40. The minimum absolute atomic E-state index is 0.192. The van der Waals surface area contributed by atoms with Crippen LogP contribution in [-0.4, -0.2) is 7.05 Å². The maximum atomic E-state index is 13.4. The molecule has 90 valence electrons. The highest BCUT2D eigenvalue weighted by atomic mass is 79.9. The summed E-state index contributed by atoms with van der Waals surface area (Å²) in [5.74, 6) is 0.477. The largest absolute Gasteiger partial charge is 0.313 e. The Labute approximate surface area is 106 Å². The van der Waals surface area contributed by atoms with Crippen molar-refractivity contribution in [3.05, 3.63) is 34.1 Å². The van der Waals surface area contributed by atoms with Crippen LogP contribution in [0.1, 0.15) is 38.3 Å². The van der Waals surface area contributed by atoms with Crippen molar-refractivity contribution in [3.8, 4) is 0 Å². The second-order valence-electron chi connectivity index (χ2n) is 4.46. The van der Waals surface area contributed by atoms with Crippen molar-refractivity contribution in [2.45, 2.75) is 32.7 Å². The Kier molecular flexibility index (Phi) is 5.42. The Hall–Kier alpha value is -0.410. The molecule has 0 spiro atoms. The Morgan fingerprint density at radius 1 is 1.31 bits per heavy atom. The monoisotopic (exact) mass is 287 g/mol. The van der Waals surface area contributed by atoms with Crippen LogP contribution in [0.15, 0.2) is 22.7 Å². The number of hydrogen-bond donors (Lipinski definition) is 1. The molecule has 1 aromatic rings. The Morgan fingerprint density at radius 3 is 2.56 bits per heavy atom. The van der Waals surface area contributed by atoms with Crippen molar-refractivity contribution in [2.75, 3.05) is 7.05 Å². The minimum Gasteiger partial charge on any atom is -0.313 e. The summed E-state index contributed by atoms with van der Waals surface area (Å²) in [5.41, 5.74) is 1.00. The second-order valence-corrected chi connectivity index (χ2v) is 5.25. The summed E-state index contributed by atoms with van der Waals surface area (Å²) in [7, 11) is 1.92. The molecule has 16 heavy (non-hydrogen) atoms. The first kappa shape index (κ1) is 13.7. The number of halogens is 2. The van der Waals surface area contributed by atoms with Gasteiger partial charge in [0.15, 0.2) is 0 Å². The number of hydrogen-bond acceptors (Lipinski definition) is 1. The maximum absolute atomic E-state index is 13.4. The van der Waals surface area contributed by atoms with Gasteiger partial charge in [-0.15, -0.1) is 0 Å². The van der Waals surface area contributed by atoms with Crippen molar-refractivity contribution in [2.24, 2.45) is 5.92 Å². The highest BCUT2D eigenvalue weighted by Crippen LogP contribution is 2.29. The molecule has 0 radical (unpaired) electrons. The third kappa shape index (κ3) is 3.56. The summed E-state index contributed by atoms with van der Waals surface area (Å²) in [4.78, 5) is 0. The van der Waals surface area contributed by atoms with Crippen LogP contribution in [0, 0.1) is 11.7 Å². The van der Waals surface area contributed by atoms with Crippen molar-refractivity contribution < 1.29 is 4.39 Å². The first-order chi connectivity index (χ1) is 7.56. The number of nitrogens with one attached hydrogen (secondary N) is 1. The molecule has 1 aromatic carbocycles. The summed E-state index contributed by atoms with van der Waals surface area (Å²) in [6, 6.07) is 5.42. The van der Waals surface area contributed by atoms with Crippen LogP contribution in [0.3, 0.4) is 0 Å². The van der Waals surface area contributed by atoms with Gasteiger partial charge in [0, 0.05) is 6.04 Å². The van der Waals surface area contributed by atoms with Crippen molar-refractivity contribution >= 4 is 15.9 Å². The van der Waals surface area contributed by atoms with Gasteiger partial charge in [-0.25, -0.2) is 4.39 Å². The zero-order chi connectivity index (χ0) is 12.1. The van der Waals surface area contributed by atoms with Gasteiger partial charge in [0.1, 0.15) is 5.82 Å². The molecule has 0 saturated carbocycles. The van der Waals surface area contributed by atoms with Crippen LogP contribution in [0.2, 0.25) is 0 Å². The van der Waals surface area contributed by atoms with Gasteiger partial charge in [-0.05, 0) is 53.4 Å². The van der Waals surface area contributed by atoms with Crippen LogP contribution in [-0.2, 0) is 0 Å². The first-order valence-corrected chi connectivity index (χ1v) is 6.46. The highest BCUT2D eigenvalue weighted by Gasteiger charge is 2.15. The van der Waals surface area contributed by atoms with Gasteiger partial charge in [-0.1, -0.05) is 26.0 Å². The van der Waals surface area contributed by atoms with Gasteiger partial charge in [0.05, 0.1) is 4.47 Å². The lowest BCUT2D eigenvalue weighted by Gasteiger charge is -2.19. The molecule has 0 saturated heterocycles. The highest BCUT2D eigenvalue weighted by molar-refractivity contribution is 9.10. The summed E-state index contributed by atoms with van der Waals surface area (Å²) >= 11 is 3.31. The van der Waals surface area contributed by atoms with Gasteiger partial charge in [-0.3, -0.25) is 0 Å². The van der Waals surface area contributed by atoms with Crippen LogP contribution in [0.25, 0.3) is 0 Å². The van der Waals surface area contributed by atoms with E-state index in [-0.39, 0.29) is 11.9 Å². The van der Waals surface area contributed by atoms with E-state index in [0.717, 1.165) is 18.4 Å². The fourth-order valence-corrected chi connectivity index (χ4v) is 2.29. The molecule has 0 amide bonds. The summed E-state index contributed by atoms with van der Waals surface area (Å²) < 4.78 is 14.0. The van der Waals surface area contributed by atoms with Crippen molar-refractivity contribution in [3.63, 3.8) is 0 Å². The molecule has 0 aliphatic heterocycles. The topological polar surface area (TPSA) is 12.0 Å². The average Bonchev–Trinajstić information content (AvgIpc) is 2.24. The smallest absolute Gasteiger partial charge is 0.137 e. The maximum Gasteiger partial charge on any atom is 0.137 e. The SMILES string of the molecule is CNC(CCC(C)C)c1cccc(F)c1Br. The quantitative estimate of drug-likeness (QED) is 0.852. The lowest BCUT2D eigenvalue weighted by molar-refractivity contribution is 0.461. The van der Waals surface area contributed by atoms with E-state index in [1.165, 1.54) is 6.07 Å². The molecule has 0 fully saturated rings. The van der Waals surface area contributed by atoms with E-state index in [1.807, 2.05) is 13.1 Å². The Morgan fingerprint density at radius 2 is 2.00 bits per heavy atom. The van der Waals surface area contributed by atoms with Crippen LogP contribution in [0.4, 0.5) is 4.39 Å². The van der Waals surface area contributed by atoms with Gasteiger partial charge < -0.3 is 5.32 Å². The van der Waals surface area contributed by atoms with Gasteiger partial charge in [-0.2, -0.15) is 0 Å². The summed E-state index contributed by atoms with van der Waals surface area (Å²) in [5, 5.41) is 3.25. The van der Waals surface area contributed by atoms with E-state index in [9.17, 15) is 4.39 Å². The molecular formula is C13H19BrFN. The summed E-state index contributed by atoms with van der Waals surface area (Å²) in [6.07, 6.45) is 2.16. The Balaban J connectivity index is 2.82. The predicted molar refractivity (Wildman–Crippen MR) is 70.0 cm³/mol. The standard InChI is InChI=1S/C13H19BrFN/c1-9(2)7-8-12(16-3)10-5-4-6-11(15)13(10)14/h4-6,9,12,16H,7-8H2,1-3H3. The fourth-order valence-electron chi connectivity index (χ4n) is 1.74. The van der Waals surface area contributed by atoms with E-state index in [2.05, 4.69) is 35.1 Å². The van der Waals surface area contributed by atoms with Crippen molar-refractivity contribution in [1.29, 1.82) is 0 Å². The zero-order valence-electron chi connectivity index (χ0n) is 10.1. The molecule has 0 aliphatic carbocycles. The fraction of sp³-hybridized carbons (Fsp3) is 0.538. The normalized spacial score (nSPS) is 13.1. The van der Waals surface area contributed by atoms with Gasteiger partial charge in [0.2, 0.25) is 0 Å². The number of rotatable bonds is 5. The van der Waals surface area contributed by atoms with E-state index >= 15 is 0 Å². The molecule has 1 N–H and O–H groups in total. The molecule has 0 bridgehead atoms. The molecule has 0 heterocycles. The van der Waals surface area contributed by atoms with Crippen molar-refractivity contribution in [1.82, 2.24) is 5.32 Å². The molecular weight excluding hydrogens is 269 g/mol. The van der Waals surface area contributed by atoms with E-state index < -0.39 is 0 Å². The molecule has 1 unspecified atom stereocenters. The van der Waals surface area contributed by atoms with Crippen LogP contribution < -0.4 is 5.32 Å². The van der Waals surface area contributed by atoms with E-state index in [1.54, 1.807) is 6.07 Å². The van der Waals surface area contributed by atoms with Gasteiger partial charge >= 0.3 is 0 Å². The molecule has 3 heteroatoms. The van der Waals surface area contributed by atoms with E-state index in [4.69, 9.17) is 0 Å². The lowest BCUT2D eigenvalue weighted by atomic mass is 9.98. The third-order valence-electron chi connectivity index (χ3n) is 2.74. The molecule has 1 atom stereocenters. The minimum atomic E-state index is -0.192. The number of benzene rings is 1. The average molecular weight is 288 g/mol. The molecule has 0 aliphatic rings. The van der Waals surface area contributed by atoms with Gasteiger partial charge in [0.25, 0.3) is 0 Å². The molecule has 1 rings (SSSR count). The van der Waals surface area contributed by atoms with E-state index in [0.29, 0.717) is 10.4 Å². The zero-order valence-corrected chi connectivity index (χ0v) is 11.6.